The average Bonchev–Trinajstić information content (AvgIpc) is 3.96. The van der Waals surface area contributed by atoms with E-state index in [9.17, 15) is 43.2 Å². The zero-order chi connectivity index (χ0) is 51.4. The van der Waals surface area contributed by atoms with Crippen molar-refractivity contribution in [3.8, 4) is 0 Å². The van der Waals surface area contributed by atoms with E-state index in [-0.39, 0.29) is 50.0 Å². The minimum atomic E-state index is -1.24. The van der Waals surface area contributed by atoms with Crippen molar-refractivity contribution in [2.75, 3.05) is 18.6 Å². The third kappa shape index (κ3) is 19.2. The number of thioether (sulfide) groups is 1. The predicted octanol–water partition coefficient (Wildman–Crippen LogP) is -0.706. The van der Waals surface area contributed by atoms with E-state index in [1.54, 1.807) is 20.0 Å². The third-order valence-electron chi connectivity index (χ3n) is 10.8. The Morgan fingerprint density at radius 3 is 1.93 bits per heavy atom. The number of rotatable bonds is 29. The Balaban J connectivity index is 1.70. The number of primary amides is 1. The average molecular weight is 982 g/mol. The summed E-state index contributed by atoms with van der Waals surface area (Å²) in [4.78, 5) is 129. The third-order valence-corrected chi connectivity index (χ3v) is 11.5. The number of amides is 9. The van der Waals surface area contributed by atoms with Crippen molar-refractivity contribution in [1.82, 2.24) is 57.5 Å². The van der Waals surface area contributed by atoms with Crippen molar-refractivity contribution in [2.24, 2.45) is 23.3 Å². The summed E-state index contributed by atoms with van der Waals surface area (Å²) < 4.78 is 0. The first-order chi connectivity index (χ1) is 32.6. The normalized spacial score (nSPS) is 14.4. The second-order valence-electron chi connectivity index (χ2n) is 18.0. The lowest BCUT2D eigenvalue weighted by molar-refractivity contribution is -0.135. The number of aromatic amines is 2. The van der Waals surface area contributed by atoms with E-state index in [0.29, 0.717) is 23.4 Å². The molecule has 0 radical (unpaired) electrons. The Hall–Kier alpha value is -6.49. The lowest BCUT2D eigenvalue weighted by atomic mass is 10.0. The summed E-state index contributed by atoms with van der Waals surface area (Å²) in [6, 6.07) is -0.721. The molecule has 0 saturated carbocycles. The van der Waals surface area contributed by atoms with Crippen LogP contribution in [0, 0.1) is 11.8 Å². The number of nitrogens with zero attached hydrogens (tertiary/aromatic N) is 1. The highest BCUT2D eigenvalue weighted by molar-refractivity contribution is 7.98. The molecule has 69 heavy (non-hydrogen) atoms. The zero-order valence-corrected chi connectivity index (χ0v) is 41.5. The molecule has 7 atom stereocenters. The van der Waals surface area contributed by atoms with Crippen molar-refractivity contribution in [3.63, 3.8) is 0 Å². The van der Waals surface area contributed by atoms with Gasteiger partial charge in [0.1, 0.15) is 36.3 Å². The molecule has 0 bridgehead atoms. The molecular weight excluding hydrogens is 911 g/mol. The Bertz CT molecular complexity index is 2220. The summed E-state index contributed by atoms with van der Waals surface area (Å²) in [6.07, 6.45) is 6.80. The molecule has 0 aliphatic rings. The van der Waals surface area contributed by atoms with E-state index >= 15 is 0 Å². The second-order valence-corrected chi connectivity index (χ2v) is 19.0. The molecule has 22 nitrogen and oxygen atoms in total. The maximum absolute atomic E-state index is 13.9. The quantitative estimate of drug-likeness (QED) is 0.0411. The van der Waals surface area contributed by atoms with E-state index in [1.807, 2.05) is 58.2 Å². The van der Waals surface area contributed by atoms with Gasteiger partial charge in [0.2, 0.25) is 53.2 Å². The van der Waals surface area contributed by atoms with Gasteiger partial charge in [-0.2, -0.15) is 11.8 Å². The van der Waals surface area contributed by atoms with Crippen LogP contribution in [0.3, 0.4) is 0 Å². The number of nitrogens with two attached hydrogens (primary N) is 2. The molecule has 2 aromatic heterocycles. The number of carbonyl (C=O) groups excluding carboxylic acids is 9. The van der Waals surface area contributed by atoms with Gasteiger partial charge in [0.25, 0.3) is 0 Å². The lowest BCUT2D eigenvalue weighted by Gasteiger charge is -2.27. The van der Waals surface area contributed by atoms with Crippen LogP contribution in [-0.2, 0) is 56.0 Å². The molecular formula is C46H71N13O9S. The number of aromatic nitrogens is 3. The van der Waals surface area contributed by atoms with Crippen LogP contribution in [0.15, 0.2) is 43.0 Å². The number of imidazole rings is 1. The van der Waals surface area contributed by atoms with Gasteiger partial charge < -0.3 is 64.0 Å². The largest absolute Gasteiger partial charge is 0.370 e. The highest BCUT2D eigenvalue weighted by Crippen LogP contribution is 2.19. The maximum atomic E-state index is 13.9. The van der Waals surface area contributed by atoms with Crippen LogP contribution in [-0.4, -0.2) is 135 Å². The topological polar surface area (TPSA) is 346 Å². The summed E-state index contributed by atoms with van der Waals surface area (Å²) in [5.41, 5.74) is 13.2. The highest BCUT2D eigenvalue weighted by atomic mass is 32.2. The Morgan fingerprint density at radius 2 is 1.30 bits per heavy atom. The number of hydrogen-bond donors (Lipinski definition) is 12. The number of H-pyrrole nitrogens is 2. The molecule has 1 aromatic carbocycles. The first-order valence-electron chi connectivity index (χ1n) is 23.0. The summed E-state index contributed by atoms with van der Waals surface area (Å²) in [7, 11) is 0. The smallest absolute Gasteiger partial charge is 0.243 e. The Morgan fingerprint density at radius 1 is 0.681 bits per heavy atom. The molecule has 0 aliphatic carbocycles. The van der Waals surface area contributed by atoms with E-state index in [2.05, 4.69) is 57.5 Å². The molecule has 380 valence electrons. The fraction of sp³-hybridized carbons (Fsp3) is 0.565. The Kier molecular flexibility index (Phi) is 23.2. The number of benzene rings is 1. The van der Waals surface area contributed by atoms with Gasteiger partial charge in [-0.1, -0.05) is 45.9 Å². The predicted molar refractivity (Wildman–Crippen MR) is 262 cm³/mol. The van der Waals surface area contributed by atoms with Crippen LogP contribution in [0.2, 0.25) is 0 Å². The van der Waals surface area contributed by atoms with Gasteiger partial charge in [0, 0.05) is 54.3 Å². The molecule has 3 aromatic rings. The van der Waals surface area contributed by atoms with Crippen molar-refractivity contribution in [2.45, 2.75) is 135 Å². The minimum Gasteiger partial charge on any atom is -0.370 e. The summed E-state index contributed by atoms with van der Waals surface area (Å²) in [5.74, 6) is -5.88. The summed E-state index contributed by atoms with van der Waals surface area (Å²) in [5, 5.41) is 22.2. The van der Waals surface area contributed by atoms with Gasteiger partial charge in [0.15, 0.2) is 0 Å². The van der Waals surface area contributed by atoms with Gasteiger partial charge >= 0.3 is 0 Å². The number of para-hydroxylation sites is 1. The first-order valence-corrected chi connectivity index (χ1v) is 24.4. The van der Waals surface area contributed by atoms with Crippen LogP contribution in [0.5, 0.6) is 0 Å². The van der Waals surface area contributed by atoms with Crippen molar-refractivity contribution >= 4 is 75.8 Å². The summed E-state index contributed by atoms with van der Waals surface area (Å²) >= 11 is 1.52. The maximum Gasteiger partial charge on any atom is 0.243 e. The van der Waals surface area contributed by atoms with E-state index in [0.717, 1.165) is 10.9 Å². The molecule has 0 unspecified atom stereocenters. The zero-order valence-electron chi connectivity index (χ0n) is 40.7. The van der Waals surface area contributed by atoms with Gasteiger partial charge in [-0.05, 0) is 75.5 Å². The second kappa shape index (κ2) is 28.1. The van der Waals surface area contributed by atoms with Gasteiger partial charge in [-0.25, -0.2) is 4.98 Å². The van der Waals surface area contributed by atoms with Crippen molar-refractivity contribution < 1.29 is 43.2 Å². The molecule has 0 saturated heterocycles. The van der Waals surface area contributed by atoms with Crippen LogP contribution in [0.25, 0.3) is 10.9 Å². The first kappa shape index (κ1) is 56.8. The van der Waals surface area contributed by atoms with Crippen LogP contribution < -0.4 is 54.0 Å². The molecule has 0 fully saturated rings. The molecule has 0 aliphatic heterocycles. The van der Waals surface area contributed by atoms with Crippen LogP contribution in [0.1, 0.15) is 85.4 Å². The van der Waals surface area contributed by atoms with Crippen molar-refractivity contribution in [1.29, 1.82) is 0 Å². The SMILES string of the molecule is CSCC[C@H](NC(=O)[C@H](CC(C)C)NC(=O)[C@H](Cc1cnc[nH]1)NC(=O)CNC(=O)[C@@H](NC(=O)[C@H](C)NC(=O)[C@H](Cc1c[nH]c2ccccc12)NC(=O)[C@@H](N)CCC(N)=O)C(C)C)C(=O)NC(C)C. The van der Waals surface area contributed by atoms with E-state index in [1.165, 1.54) is 31.2 Å². The van der Waals surface area contributed by atoms with Crippen molar-refractivity contribution in [3.05, 3.63) is 54.2 Å². The van der Waals surface area contributed by atoms with E-state index in [4.69, 9.17) is 11.5 Å². The monoisotopic (exact) mass is 982 g/mol. The molecule has 23 heteroatoms. The molecule has 3 rings (SSSR count). The lowest BCUT2D eigenvalue weighted by Crippen LogP contribution is -2.59. The molecule has 2 heterocycles. The van der Waals surface area contributed by atoms with E-state index < -0.39 is 102 Å². The number of fused-ring (bicyclic) bond motifs is 1. The minimum absolute atomic E-state index is 0.00732. The Labute approximate surface area is 406 Å². The number of hydrogen-bond acceptors (Lipinski definition) is 12. The van der Waals surface area contributed by atoms with Gasteiger partial charge in [-0.15, -0.1) is 0 Å². The number of carbonyl (C=O) groups is 9. The van der Waals surface area contributed by atoms with Gasteiger partial charge in [-0.3, -0.25) is 43.2 Å². The van der Waals surface area contributed by atoms with Crippen LogP contribution >= 0.6 is 11.8 Å². The highest BCUT2D eigenvalue weighted by Gasteiger charge is 2.33. The van der Waals surface area contributed by atoms with Crippen LogP contribution in [0.4, 0.5) is 0 Å². The number of nitrogens with one attached hydrogen (secondary N) is 10. The standard InChI is InChI=1S/C46H71N13O9S/c1-24(2)17-34(44(66)56-33(15-16-69-8)42(64)53-26(5)6)58-45(67)36(19-29-21-49-23-52-29)55-38(61)22-51-46(68)39(25(3)4)59-40(62)27(7)54-43(65)35(57-41(63)31(47)13-14-37(48)60)18-28-20-50-32-12-10-9-11-30(28)32/h9-12,20-21,23-27,31,33-36,39,50H,13-19,22,47H2,1-8H3,(H2,48,60)(H,49,52)(H,51,68)(H,53,64)(H,54,65)(H,55,61)(H,56,66)(H,57,63)(H,58,67)(H,59,62)/t27-,31-,33-,34-,35-,36-,39-/m0/s1. The molecule has 14 N–H and O–H groups in total. The van der Waals surface area contributed by atoms with Gasteiger partial charge in [0.05, 0.1) is 18.9 Å². The fourth-order valence-electron chi connectivity index (χ4n) is 7.12. The fourth-order valence-corrected chi connectivity index (χ4v) is 7.59. The summed E-state index contributed by atoms with van der Waals surface area (Å²) in [6.45, 7) is 11.5. The molecule has 0 spiro atoms. The molecule has 9 amide bonds.